The van der Waals surface area contributed by atoms with Crippen LogP contribution in [0, 0.1) is 5.41 Å². The van der Waals surface area contributed by atoms with Crippen LogP contribution in [0.4, 0.5) is 9.59 Å². The molecule has 0 aliphatic heterocycles. The summed E-state index contributed by atoms with van der Waals surface area (Å²) in [5, 5.41) is 34.8. The summed E-state index contributed by atoms with van der Waals surface area (Å²) in [5.74, 6) is -1.50. The molecule has 0 fully saturated rings. The lowest BCUT2D eigenvalue weighted by molar-refractivity contribution is -0.134. The number of ether oxygens (including phenoxy) is 2. The molecule has 0 aliphatic carbocycles. The molecule has 0 bridgehead atoms. The zero-order valence-electron chi connectivity index (χ0n) is 29.5. The van der Waals surface area contributed by atoms with Crippen molar-refractivity contribution in [1.29, 1.82) is 5.41 Å². The van der Waals surface area contributed by atoms with Crippen LogP contribution in [0.1, 0.15) is 106 Å². The molecule has 0 saturated carbocycles. The molecule has 16 nitrogen and oxygen atoms in total. The zero-order chi connectivity index (χ0) is 36.5. The SMILES string of the molecule is CC(=O)O.CC(C)(C)OC(=O)NCCCN(CCCCNC(=O)[C@H](CCO)NC(=O)CCCCCCNC(=N)N)C(=O)OC(C)(C)C. The van der Waals surface area contributed by atoms with Gasteiger partial charge in [-0.2, -0.15) is 0 Å². The number of aliphatic hydroxyl groups excluding tert-OH is 1. The van der Waals surface area contributed by atoms with Gasteiger partial charge in [-0.1, -0.05) is 12.8 Å². The number of carboxylic acids is 1. The van der Waals surface area contributed by atoms with Gasteiger partial charge in [0.05, 0.1) is 0 Å². The van der Waals surface area contributed by atoms with E-state index >= 15 is 0 Å². The summed E-state index contributed by atoms with van der Waals surface area (Å²) in [5.41, 5.74) is 3.98. The fourth-order valence-electron chi connectivity index (χ4n) is 3.81. The second-order valence-corrected chi connectivity index (χ2v) is 12.9. The van der Waals surface area contributed by atoms with Gasteiger partial charge < -0.3 is 51.6 Å². The van der Waals surface area contributed by atoms with Crippen LogP contribution in [0.25, 0.3) is 0 Å². The lowest BCUT2D eigenvalue weighted by Gasteiger charge is -2.27. The molecular weight excluding hydrogens is 614 g/mol. The van der Waals surface area contributed by atoms with Crippen LogP contribution in [0.3, 0.4) is 0 Å². The topological polar surface area (TPSA) is 245 Å². The number of alkyl carbamates (subject to hydrolysis) is 1. The predicted molar refractivity (Wildman–Crippen MR) is 179 cm³/mol. The van der Waals surface area contributed by atoms with Gasteiger partial charge in [0.1, 0.15) is 17.2 Å². The predicted octanol–water partition coefficient (Wildman–Crippen LogP) is 2.43. The van der Waals surface area contributed by atoms with Crippen molar-refractivity contribution in [3.63, 3.8) is 0 Å². The molecule has 1 atom stereocenters. The number of hydrogen-bond donors (Lipinski definition) is 8. The molecule has 47 heavy (non-hydrogen) atoms. The molecular formula is C31H61N7O9. The maximum absolute atomic E-state index is 12.7. The number of aliphatic carboxylic acids is 1. The number of aliphatic hydroxyl groups is 1. The van der Waals surface area contributed by atoms with Crippen molar-refractivity contribution in [1.82, 2.24) is 26.2 Å². The minimum atomic E-state index is -0.833. The van der Waals surface area contributed by atoms with E-state index in [0.29, 0.717) is 58.4 Å². The van der Waals surface area contributed by atoms with Gasteiger partial charge >= 0.3 is 12.2 Å². The first-order valence-corrected chi connectivity index (χ1v) is 16.2. The van der Waals surface area contributed by atoms with E-state index in [9.17, 15) is 24.3 Å². The number of guanidine groups is 1. The highest BCUT2D eigenvalue weighted by molar-refractivity contribution is 5.87. The van der Waals surface area contributed by atoms with Crippen LogP contribution in [0.5, 0.6) is 0 Å². The Labute approximate surface area is 279 Å². The fraction of sp³-hybridized carbons (Fsp3) is 0.806. The van der Waals surface area contributed by atoms with Crippen molar-refractivity contribution in [2.45, 2.75) is 123 Å². The van der Waals surface area contributed by atoms with Gasteiger partial charge in [-0.3, -0.25) is 19.8 Å². The number of hydrogen-bond acceptors (Lipinski definition) is 9. The number of nitrogens with two attached hydrogens (primary N) is 1. The van der Waals surface area contributed by atoms with Crippen molar-refractivity contribution >= 4 is 35.9 Å². The molecule has 0 aromatic heterocycles. The van der Waals surface area contributed by atoms with Gasteiger partial charge in [0, 0.05) is 52.7 Å². The number of nitrogens with one attached hydrogen (secondary N) is 5. The zero-order valence-corrected chi connectivity index (χ0v) is 29.5. The number of amides is 4. The second kappa shape index (κ2) is 25.3. The third-order valence-electron chi connectivity index (χ3n) is 5.79. The Kier molecular flexibility index (Phi) is 24.4. The molecule has 0 spiro atoms. The average Bonchev–Trinajstić information content (AvgIpc) is 2.90. The fourth-order valence-corrected chi connectivity index (χ4v) is 3.81. The molecule has 0 radical (unpaired) electrons. The Balaban J connectivity index is 0. The van der Waals surface area contributed by atoms with Crippen molar-refractivity contribution in [2.24, 2.45) is 5.73 Å². The molecule has 0 saturated heterocycles. The number of carboxylic acid groups (broad SMARTS) is 1. The van der Waals surface area contributed by atoms with Crippen LogP contribution >= 0.6 is 0 Å². The Morgan fingerprint density at radius 3 is 1.85 bits per heavy atom. The van der Waals surface area contributed by atoms with Crippen LogP contribution in [0.2, 0.25) is 0 Å². The van der Waals surface area contributed by atoms with Gasteiger partial charge in [0.2, 0.25) is 11.8 Å². The summed E-state index contributed by atoms with van der Waals surface area (Å²) in [6, 6.07) is -0.826. The van der Waals surface area contributed by atoms with Crippen LogP contribution in [-0.2, 0) is 23.9 Å². The minimum absolute atomic E-state index is 0.0584. The van der Waals surface area contributed by atoms with Crippen LogP contribution < -0.4 is 27.0 Å². The van der Waals surface area contributed by atoms with Crippen LogP contribution in [0.15, 0.2) is 0 Å². The van der Waals surface area contributed by atoms with Crippen molar-refractivity contribution < 1.29 is 43.7 Å². The maximum Gasteiger partial charge on any atom is 0.410 e. The van der Waals surface area contributed by atoms with Gasteiger partial charge in [-0.05, 0) is 80.1 Å². The third kappa shape index (κ3) is 31.9. The third-order valence-corrected chi connectivity index (χ3v) is 5.79. The van der Waals surface area contributed by atoms with E-state index in [1.807, 2.05) is 0 Å². The molecule has 0 aromatic rings. The highest BCUT2D eigenvalue weighted by atomic mass is 16.6. The highest BCUT2D eigenvalue weighted by Gasteiger charge is 2.23. The van der Waals surface area contributed by atoms with E-state index < -0.39 is 35.4 Å². The quantitative estimate of drug-likeness (QED) is 0.0529. The van der Waals surface area contributed by atoms with Gasteiger partial charge in [0.15, 0.2) is 5.96 Å². The molecule has 4 amide bonds. The van der Waals surface area contributed by atoms with E-state index in [0.717, 1.165) is 26.2 Å². The summed E-state index contributed by atoms with van der Waals surface area (Å²) in [7, 11) is 0. The van der Waals surface area contributed by atoms with Gasteiger partial charge in [0.25, 0.3) is 5.97 Å². The summed E-state index contributed by atoms with van der Waals surface area (Å²) in [6.07, 6.45) is 4.35. The van der Waals surface area contributed by atoms with Crippen molar-refractivity contribution in [2.75, 3.05) is 39.3 Å². The second-order valence-electron chi connectivity index (χ2n) is 12.9. The summed E-state index contributed by atoms with van der Waals surface area (Å²) >= 11 is 0. The smallest absolute Gasteiger partial charge is 0.410 e. The van der Waals surface area contributed by atoms with Gasteiger partial charge in [-0.25, -0.2) is 9.59 Å². The molecule has 0 aromatic carbocycles. The van der Waals surface area contributed by atoms with Crippen molar-refractivity contribution in [3.8, 4) is 0 Å². The van der Waals surface area contributed by atoms with E-state index in [2.05, 4.69) is 21.3 Å². The number of carbonyl (C=O) groups excluding carboxylic acids is 4. The Bertz CT molecular complexity index is 947. The summed E-state index contributed by atoms with van der Waals surface area (Å²) in [6.45, 7) is 13.6. The van der Waals surface area contributed by atoms with E-state index in [4.69, 9.17) is 30.5 Å². The molecule has 16 heteroatoms. The standard InChI is InChI=1S/C29H57N7O7.C2H4O2/c1-28(2,3)42-26(40)34-18-13-20-36(27(41)43-29(4,5)6)19-12-11-16-32-24(39)22(15-21-37)35-23(38)14-9-7-8-10-17-33-25(30)31;1-2(3)4/h22,37H,7-21H2,1-6H3,(H,32,39)(H,34,40)(H,35,38)(H4,30,31,33);1H3,(H,3,4)/t22-;/m0./s1. The van der Waals surface area contributed by atoms with E-state index in [-0.39, 0.29) is 37.2 Å². The monoisotopic (exact) mass is 675 g/mol. The Hall–Kier alpha value is -3.82. The highest BCUT2D eigenvalue weighted by Crippen LogP contribution is 2.11. The summed E-state index contributed by atoms with van der Waals surface area (Å²) < 4.78 is 10.7. The number of rotatable bonds is 20. The first kappa shape index (κ1) is 45.3. The minimum Gasteiger partial charge on any atom is -0.481 e. The average molecular weight is 676 g/mol. The molecule has 0 aliphatic rings. The molecule has 0 rings (SSSR count). The molecule has 274 valence electrons. The largest absolute Gasteiger partial charge is 0.481 e. The molecule has 0 heterocycles. The van der Waals surface area contributed by atoms with E-state index in [1.54, 1.807) is 46.4 Å². The number of unbranched alkanes of at least 4 members (excludes halogenated alkanes) is 4. The normalized spacial score (nSPS) is 11.6. The first-order valence-electron chi connectivity index (χ1n) is 16.2. The van der Waals surface area contributed by atoms with Crippen molar-refractivity contribution in [3.05, 3.63) is 0 Å². The Morgan fingerprint density at radius 2 is 1.30 bits per heavy atom. The maximum atomic E-state index is 12.7. The first-order chi connectivity index (χ1) is 21.8. The van der Waals surface area contributed by atoms with Gasteiger partial charge in [-0.15, -0.1) is 0 Å². The number of nitrogens with zero attached hydrogens (tertiary/aromatic N) is 1. The molecule has 9 N–H and O–H groups in total. The van der Waals surface area contributed by atoms with Crippen LogP contribution in [-0.4, -0.2) is 108 Å². The van der Waals surface area contributed by atoms with E-state index in [1.165, 1.54) is 0 Å². The lowest BCUT2D eigenvalue weighted by Crippen LogP contribution is -2.47. The molecule has 0 unspecified atom stereocenters. The lowest BCUT2D eigenvalue weighted by atomic mass is 10.1. The summed E-state index contributed by atoms with van der Waals surface area (Å²) in [4.78, 5) is 60.1. The Morgan fingerprint density at radius 1 is 0.787 bits per heavy atom. The number of carbonyl (C=O) groups is 5.